The van der Waals surface area contributed by atoms with Gasteiger partial charge in [-0.2, -0.15) is 11.8 Å². The van der Waals surface area contributed by atoms with Crippen molar-refractivity contribution in [2.75, 3.05) is 25.6 Å². The van der Waals surface area contributed by atoms with E-state index in [1.165, 1.54) is 0 Å². The lowest BCUT2D eigenvalue weighted by atomic mass is 10.2. The van der Waals surface area contributed by atoms with Gasteiger partial charge in [0.2, 0.25) is 5.91 Å². The van der Waals surface area contributed by atoms with E-state index < -0.39 is 0 Å². The molecular weight excluding hydrogens is 186 g/mol. The second-order valence-corrected chi connectivity index (χ2v) is 4.10. The largest absolute Gasteiger partial charge is 0.295 e. The molecule has 0 bridgehead atoms. The molecule has 0 radical (unpaired) electrons. The number of carbonyl (C=O) groups excluding carboxylic acids is 1. The van der Waals surface area contributed by atoms with Crippen molar-refractivity contribution in [3.05, 3.63) is 0 Å². The summed E-state index contributed by atoms with van der Waals surface area (Å²) in [6.07, 6.45) is 3.18. The van der Waals surface area contributed by atoms with E-state index in [0.717, 1.165) is 12.2 Å². The number of nitrogens with zero attached hydrogens (tertiary/aromatic N) is 1. The van der Waals surface area contributed by atoms with Gasteiger partial charge in [0.05, 0.1) is 6.54 Å². The van der Waals surface area contributed by atoms with Crippen LogP contribution in [0.5, 0.6) is 0 Å². The summed E-state index contributed by atoms with van der Waals surface area (Å²) in [4.78, 5) is 12.9. The number of nitrogens with one attached hydrogen (secondary N) is 1. The number of nitrogens with two attached hydrogens (primary N) is 1. The molecule has 1 atom stereocenters. The number of hydrogen-bond acceptors (Lipinski definition) is 4. The third-order valence-electron chi connectivity index (χ3n) is 2.05. The third-order valence-corrected chi connectivity index (χ3v) is 2.69. The average Bonchev–Trinajstić information content (AvgIpc) is 2.13. The monoisotopic (exact) mass is 205 g/mol. The average molecular weight is 205 g/mol. The van der Waals surface area contributed by atoms with Crippen LogP contribution in [0.1, 0.15) is 13.3 Å². The van der Waals surface area contributed by atoms with E-state index in [2.05, 4.69) is 18.6 Å². The van der Waals surface area contributed by atoms with Crippen molar-refractivity contribution >= 4 is 17.7 Å². The van der Waals surface area contributed by atoms with Gasteiger partial charge in [-0.3, -0.25) is 15.1 Å². The zero-order valence-corrected chi connectivity index (χ0v) is 9.36. The summed E-state index contributed by atoms with van der Waals surface area (Å²) in [5, 5.41) is 0. The van der Waals surface area contributed by atoms with Gasteiger partial charge in [0, 0.05) is 6.04 Å². The van der Waals surface area contributed by atoms with Gasteiger partial charge in [-0.05, 0) is 32.4 Å². The molecule has 5 heteroatoms. The Morgan fingerprint density at radius 3 is 2.77 bits per heavy atom. The Hall–Kier alpha value is -0.260. The van der Waals surface area contributed by atoms with Gasteiger partial charge in [-0.15, -0.1) is 0 Å². The molecule has 4 nitrogen and oxygen atoms in total. The van der Waals surface area contributed by atoms with Gasteiger partial charge in [0.15, 0.2) is 0 Å². The molecule has 0 saturated heterocycles. The molecule has 0 aliphatic rings. The highest BCUT2D eigenvalue weighted by Gasteiger charge is 2.11. The van der Waals surface area contributed by atoms with Crippen LogP contribution in [0.3, 0.4) is 0 Å². The molecule has 0 spiro atoms. The van der Waals surface area contributed by atoms with Crippen molar-refractivity contribution in [3.63, 3.8) is 0 Å². The first-order valence-corrected chi connectivity index (χ1v) is 5.69. The maximum absolute atomic E-state index is 10.9. The lowest BCUT2D eigenvalue weighted by molar-refractivity contribution is -0.122. The summed E-state index contributed by atoms with van der Waals surface area (Å²) in [6, 6.07) is 0.421. The van der Waals surface area contributed by atoms with Crippen LogP contribution in [0, 0.1) is 0 Å². The summed E-state index contributed by atoms with van der Waals surface area (Å²) < 4.78 is 0. The molecule has 0 fully saturated rings. The first-order chi connectivity index (χ1) is 6.11. The van der Waals surface area contributed by atoms with E-state index in [0.29, 0.717) is 12.6 Å². The van der Waals surface area contributed by atoms with Crippen molar-refractivity contribution in [1.82, 2.24) is 10.3 Å². The van der Waals surface area contributed by atoms with Crippen molar-refractivity contribution in [2.24, 2.45) is 5.84 Å². The standard InChI is InChI=1S/C8H19N3OS/c1-7(4-5-13-3)11(2)6-8(12)10-9/h7H,4-6,9H2,1-3H3,(H,10,12). The van der Waals surface area contributed by atoms with Crippen molar-refractivity contribution < 1.29 is 4.79 Å². The summed E-state index contributed by atoms with van der Waals surface area (Å²) in [5.74, 6) is 5.97. The van der Waals surface area contributed by atoms with Gasteiger partial charge in [-0.25, -0.2) is 5.84 Å². The molecule has 0 aromatic carbocycles. The van der Waals surface area contributed by atoms with Gasteiger partial charge in [-0.1, -0.05) is 0 Å². The molecule has 0 aromatic heterocycles. The summed E-state index contributed by atoms with van der Waals surface area (Å²) in [7, 11) is 1.93. The van der Waals surface area contributed by atoms with Crippen LogP contribution < -0.4 is 11.3 Å². The minimum atomic E-state index is -0.140. The molecule has 3 N–H and O–H groups in total. The predicted molar refractivity (Wildman–Crippen MR) is 57.4 cm³/mol. The minimum Gasteiger partial charge on any atom is -0.295 e. The molecule has 1 amide bonds. The van der Waals surface area contributed by atoms with Crippen LogP contribution in [0.4, 0.5) is 0 Å². The Bertz CT molecular complexity index is 154. The van der Waals surface area contributed by atoms with Crippen molar-refractivity contribution in [1.29, 1.82) is 0 Å². The van der Waals surface area contributed by atoms with E-state index in [4.69, 9.17) is 5.84 Å². The van der Waals surface area contributed by atoms with Crippen LogP contribution >= 0.6 is 11.8 Å². The highest BCUT2D eigenvalue weighted by atomic mass is 32.2. The Morgan fingerprint density at radius 2 is 2.31 bits per heavy atom. The summed E-state index contributed by atoms with van der Waals surface area (Å²) in [5.41, 5.74) is 2.12. The van der Waals surface area contributed by atoms with Gasteiger partial charge >= 0.3 is 0 Å². The van der Waals surface area contributed by atoms with E-state index in [1.807, 2.05) is 23.7 Å². The van der Waals surface area contributed by atoms with Gasteiger partial charge in [0.1, 0.15) is 0 Å². The summed E-state index contributed by atoms with van der Waals surface area (Å²) >= 11 is 1.82. The number of hydrazine groups is 1. The van der Waals surface area contributed by atoms with Gasteiger partial charge in [0.25, 0.3) is 0 Å². The zero-order valence-electron chi connectivity index (χ0n) is 8.54. The fourth-order valence-corrected chi connectivity index (χ4v) is 1.51. The number of likely N-dealkylation sites (N-methyl/N-ethyl adjacent to an activating group) is 1. The molecule has 78 valence electrons. The smallest absolute Gasteiger partial charge is 0.248 e. The quantitative estimate of drug-likeness (QED) is 0.365. The normalized spacial score (nSPS) is 13.0. The highest BCUT2D eigenvalue weighted by molar-refractivity contribution is 7.98. The van der Waals surface area contributed by atoms with Crippen LogP contribution in [-0.2, 0) is 4.79 Å². The maximum atomic E-state index is 10.9. The first-order valence-electron chi connectivity index (χ1n) is 4.30. The predicted octanol–water partition coefficient (Wildman–Crippen LogP) is 0.0497. The first kappa shape index (κ1) is 12.7. The Labute approximate surface area is 84.2 Å². The van der Waals surface area contributed by atoms with E-state index in [1.54, 1.807) is 0 Å². The molecule has 0 aliphatic heterocycles. The molecule has 13 heavy (non-hydrogen) atoms. The van der Waals surface area contributed by atoms with E-state index in [9.17, 15) is 4.79 Å². The molecule has 1 unspecified atom stereocenters. The maximum Gasteiger partial charge on any atom is 0.248 e. The number of carbonyl (C=O) groups is 1. The fraction of sp³-hybridized carbons (Fsp3) is 0.875. The molecule has 0 aliphatic carbocycles. The Morgan fingerprint density at radius 1 is 1.69 bits per heavy atom. The van der Waals surface area contributed by atoms with E-state index in [-0.39, 0.29) is 5.91 Å². The Kier molecular flexibility index (Phi) is 7.03. The molecule has 0 heterocycles. The highest BCUT2D eigenvalue weighted by Crippen LogP contribution is 2.05. The SMILES string of the molecule is CSCCC(C)N(C)CC(=O)NN. The van der Waals surface area contributed by atoms with Gasteiger partial charge < -0.3 is 0 Å². The fourth-order valence-electron chi connectivity index (χ4n) is 0.937. The molecule has 0 saturated carbocycles. The molecule has 0 rings (SSSR count). The number of rotatable bonds is 6. The zero-order chi connectivity index (χ0) is 10.3. The van der Waals surface area contributed by atoms with Crippen LogP contribution in [0.15, 0.2) is 0 Å². The third kappa shape index (κ3) is 5.90. The van der Waals surface area contributed by atoms with Crippen molar-refractivity contribution in [3.8, 4) is 0 Å². The summed E-state index contributed by atoms with van der Waals surface area (Å²) in [6.45, 7) is 2.48. The second-order valence-electron chi connectivity index (χ2n) is 3.11. The van der Waals surface area contributed by atoms with Crippen LogP contribution in [0.2, 0.25) is 0 Å². The number of hydrogen-bond donors (Lipinski definition) is 2. The lowest BCUT2D eigenvalue weighted by Gasteiger charge is -2.23. The lowest BCUT2D eigenvalue weighted by Crippen LogP contribution is -2.42. The van der Waals surface area contributed by atoms with Crippen LogP contribution in [-0.4, -0.2) is 42.4 Å². The van der Waals surface area contributed by atoms with Crippen molar-refractivity contribution in [2.45, 2.75) is 19.4 Å². The number of thioether (sulfide) groups is 1. The Balaban J connectivity index is 3.68. The van der Waals surface area contributed by atoms with Crippen LogP contribution in [0.25, 0.3) is 0 Å². The topological polar surface area (TPSA) is 58.4 Å². The minimum absolute atomic E-state index is 0.140. The van der Waals surface area contributed by atoms with E-state index >= 15 is 0 Å². The molecular formula is C8H19N3OS. The molecule has 0 aromatic rings. The second kappa shape index (κ2) is 7.17. The number of amides is 1.